The molecule has 3 heterocycles. The van der Waals surface area contributed by atoms with Gasteiger partial charge in [-0.15, -0.1) is 0 Å². The normalized spacial score (nSPS) is 20.6. The summed E-state index contributed by atoms with van der Waals surface area (Å²) >= 11 is 0. The summed E-state index contributed by atoms with van der Waals surface area (Å²) in [5, 5.41) is 0. The van der Waals surface area contributed by atoms with Gasteiger partial charge < -0.3 is 20.3 Å². The zero-order valence-corrected chi connectivity index (χ0v) is 18.2. The maximum absolute atomic E-state index is 13.8. The fraction of sp³-hybridized carbons (Fsp3) is 0.684. The molecule has 2 amide bonds. The number of rotatable bonds is 5. The first-order valence-electron chi connectivity index (χ1n) is 10.4. The van der Waals surface area contributed by atoms with Gasteiger partial charge in [0, 0.05) is 37.7 Å². The third-order valence-corrected chi connectivity index (χ3v) is 5.54. The van der Waals surface area contributed by atoms with Gasteiger partial charge in [-0.3, -0.25) is 9.59 Å². The van der Waals surface area contributed by atoms with Gasteiger partial charge in [-0.2, -0.15) is 35.1 Å². The zero-order valence-electron chi connectivity index (χ0n) is 18.2. The molecule has 0 saturated carbocycles. The van der Waals surface area contributed by atoms with Gasteiger partial charge in [0.1, 0.15) is 6.61 Å². The second-order valence-corrected chi connectivity index (χ2v) is 8.34. The first-order chi connectivity index (χ1) is 16.0. The molecule has 0 aromatic carbocycles. The van der Waals surface area contributed by atoms with Crippen LogP contribution in [-0.4, -0.2) is 76.1 Å². The Morgan fingerprint density at radius 1 is 1.17 bits per heavy atom. The van der Waals surface area contributed by atoms with Crippen LogP contribution in [0.2, 0.25) is 0 Å². The van der Waals surface area contributed by atoms with Crippen molar-refractivity contribution in [1.82, 2.24) is 19.8 Å². The molecule has 2 aliphatic heterocycles. The van der Waals surface area contributed by atoms with Crippen LogP contribution in [0.15, 0.2) is 0 Å². The number of aromatic nitrogens is 2. The van der Waals surface area contributed by atoms with E-state index in [1.165, 1.54) is 4.90 Å². The van der Waals surface area contributed by atoms with Crippen LogP contribution in [0.1, 0.15) is 36.1 Å². The highest BCUT2D eigenvalue weighted by atomic mass is 19.4. The Morgan fingerprint density at radius 3 is 2.43 bits per heavy atom. The number of amides is 2. The quantitative estimate of drug-likeness (QED) is 0.598. The van der Waals surface area contributed by atoms with E-state index in [9.17, 15) is 44.7 Å². The van der Waals surface area contributed by atoms with Gasteiger partial charge in [0.15, 0.2) is 5.69 Å². The second-order valence-electron chi connectivity index (χ2n) is 8.34. The third kappa shape index (κ3) is 5.79. The lowest BCUT2D eigenvalue weighted by Crippen LogP contribution is -2.51. The average molecular weight is 519 g/mol. The third-order valence-electron chi connectivity index (χ3n) is 5.54. The molecule has 8 nitrogen and oxygen atoms in total. The highest BCUT2D eigenvalue weighted by Gasteiger charge is 2.62. The van der Waals surface area contributed by atoms with E-state index in [0.717, 1.165) is 4.90 Å². The summed E-state index contributed by atoms with van der Waals surface area (Å²) in [6, 6.07) is -0.862. The van der Waals surface area contributed by atoms with Crippen molar-refractivity contribution in [2.24, 2.45) is 5.73 Å². The minimum atomic E-state index is -6.23. The molecule has 0 aliphatic carbocycles. The number of ether oxygens (including phenoxy) is 1. The Kier molecular flexibility index (Phi) is 7.28. The molecule has 0 unspecified atom stereocenters. The predicted octanol–water partition coefficient (Wildman–Crippen LogP) is 2.00. The summed E-state index contributed by atoms with van der Waals surface area (Å²) in [6.45, 7) is 0.788. The Morgan fingerprint density at radius 2 is 1.83 bits per heavy atom. The summed E-state index contributed by atoms with van der Waals surface area (Å²) in [7, 11) is 0. The number of hydrogen-bond acceptors (Lipinski definition) is 6. The monoisotopic (exact) mass is 519 g/mol. The fourth-order valence-electron chi connectivity index (χ4n) is 3.79. The van der Waals surface area contributed by atoms with Gasteiger partial charge in [-0.05, 0) is 13.3 Å². The minimum Gasteiger partial charge on any atom is -0.367 e. The van der Waals surface area contributed by atoms with Gasteiger partial charge in [0.2, 0.25) is 17.6 Å². The van der Waals surface area contributed by atoms with E-state index in [4.69, 9.17) is 10.5 Å². The van der Waals surface area contributed by atoms with Gasteiger partial charge in [-0.25, -0.2) is 9.97 Å². The van der Waals surface area contributed by atoms with E-state index >= 15 is 0 Å². The molecule has 2 aliphatic rings. The molecular formula is C19H21F8N5O3. The summed E-state index contributed by atoms with van der Waals surface area (Å²) in [5.41, 5.74) is 2.64. The summed E-state index contributed by atoms with van der Waals surface area (Å²) in [6.07, 6.45) is -12.7. The number of nitrogens with zero attached hydrogens (tertiary/aromatic N) is 4. The van der Waals surface area contributed by atoms with Gasteiger partial charge >= 0.3 is 18.3 Å². The Bertz CT molecular complexity index is 984. The minimum absolute atomic E-state index is 0.00888. The van der Waals surface area contributed by atoms with Gasteiger partial charge in [0.05, 0.1) is 18.3 Å². The molecule has 1 aromatic heterocycles. The van der Waals surface area contributed by atoms with E-state index in [0.29, 0.717) is 0 Å². The summed E-state index contributed by atoms with van der Waals surface area (Å²) in [4.78, 5) is 32.5. The van der Waals surface area contributed by atoms with Crippen LogP contribution >= 0.6 is 0 Å². The topological polar surface area (TPSA) is 102 Å². The van der Waals surface area contributed by atoms with E-state index in [-0.39, 0.29) is 44.7 Å². The van der Waals surface area contributed by atoms with Crippen molar-refractivity contribution in [1.29, 1.82) is 0 Å². The van der Waals surface area contributed by atoms with E-state index in [1.54, 1.807) is 6.92 Å². The van der Waals surface area contributed by atoms with Gasteiger partial charge in [0.25, 0.3) is 0 Å². The standard InChI is InChI=1S/C19H21F8N5O3/c1-9-5-32(14(34)8-35-9)6-10(28)4-13(33)31-3-2-11-12(7-31)29-16(17(20,21)19(25,26)27)30-15(11)18(22,23)24/h9-10H,2-8,28H2,1H3/t9-,10-/m0/s1. The molecule has 35 heavy (non-hydrogen) atoms. The Hall–Kier alpha value is -2.62. The Labute approximate surface area is 193 Å². The van der Waals surface area contributed by atoms with Crippen LogP contribution in [0, 0.1) is 0 Å². The van der Waals surface area contributed by atoms with Crippen molar-refractivity contribution >= 4 is 11.8 Å². The highest BCUT2D eigenvalue weighted by Crippen LogP contribution is 2.44. The molecule has 1 saturated heterocycles. The van der Waals surface area contributed by atoms with E-state index in [1.807, 2.05) is 0 Å². The van der Waals surface area contributed by atoms with Crippen molar-refractivity contribution in [2.45, 2.75) is 56.7 Å². The highest BCUT2D eigenvalue weighted by molar-refractivity contribution is 5.79. The molecule has 1 aromatic rings. The van der Waals surface area contributed by atoms with Crippen molar-refractivity contribution < 1.29 is 49.4 Å². The number of nitrogens with two attached hydrogens (primary N) is 1. The molecule has 16 heteroatoms. The van der Waals surface area contributed by atoms with Crippen molar-refractivity contribution in [3.8, 4) is 0 Å². The molecule has 196 valence electrons. The van der Waals surface area contributed by atoms with Crippen molar-refractivity contribution in [2.75, 3.05) is 26.2 Å². The van der Waals surface area contributed by atoms with Crippen molar-refractivity contribution in [3.05, 3.63) is 22.8 Å². The maximum atomic E-state index is 13.8. The van der Waals surface area contributed by atoms with Gasteiger partial charge in [-0.1, -0.05) is 0 Å². The summed E-state index contributed by atoms with van der Waals surface area (Å²) < 4.78 is 111. The number of carbonyl (C=O) groups excluding carboxylic acids is 2. The first-order valence-corrected chi connectivity index (χ1v) is 10.4. The molecule has 2 N–H and O–H groups in total. The number of fused-ring (bicyclic) bond motifs is 1. The number of hydrogen-bond donors (Lipinski definition) is 1. The smallest absolute Gasteiger partial charge is 0.367 e. The average Bonchev–Trinajstić information content (AvgIpc) is 2.73. The number of carbonyl (C=O) groups is 2. The SMILES string of the molecule is C[C@H]1CN(C[C@@H](N)CC(=O)N2CCc3c(nc(C(F)(F)C(F)(F)F)nc3C(F)(F)F)C2)C(=O)CO1. The number of alkyl halides is 8. The van der Waals surface area contributed by atoms with Crippen LogP contribution < -0.4 is 5.73 Å². The molecule has 0 bridgehead atoms. The lowest BCUT2D eigenvalue weighted by atomic mass is 10.0. The maximum Gasteiger partial charge on any atom is 0.461 e. The molecule has 3 rings (SSSR count). The lowest BCUT2D eigenvalue weighted by Gasteiger charge is -2.34. The van der Waals surface area contributed by atoms with Crippen LogP contribution in [-0.2, 0) is 39.4 Å². The van der Waals surface area contributed by atoms with E-state index in [2.05, 4.69) is 9.97 Å². The summed E-state index contributed by atoms with van der Waals surface area (Å²) in [5.74, 6) is -9.11. The molecule has 0 spiro atoms. The largest absolute Gasteiger partial charge is 0.461 e. The van der Waals surface area contributed by atoms with E-state index < -0.39 is 66.0 Å². The van der Waals surface area contributed by atoms with Crippen LogP contribution in [0.25, 0.3) is 0 Å². The zero-order chi connectivity index (χ0) is 26.3. The van der Waals surface area contributed by atoms with Crippen LogP contribution in [0.5, 0.6) is 0 Å². The van der Waals surface area contributed by atoms with Crippen LogP contribution in [0.3, 0.4) is 0 Å². The lowest BCUT2D eigenvalue weighted by molar-refractivity contribution is -0.293. The molecule has 0 radical (unpaired) electrons. The van der Waals surface area contributed by atoms with Crippen LogP contribution in [0.4, 0.5) is 35.1 Å². The van der Waals surface area contributed by atoms with Crippen molar-refractivity contribution in [3.63, 3.8) is 0 Å². The fourth-order valence-corrected chi connectivity index (χ4v) is 3.79. The molecular weight excluding hydrogens is 498 g/mol. The predicted molar refractivity (Wildman–Crippen MR) is 101 cm³/mol. The Balaban J connectivity index is 1.79. The molecule has 2 atom stereocenters. The molecule has 1 fully saturated rings. The number of halogens is 8. The first kappa shape index (κ1) is 27.0. The second kappa shape index (κ2) is 9.44. The number of morpholine rings is 1.